The third kappa shape index (κ3) is 4.12. The average Bonchev–Trinajstić information content (AvgIpc) is 3.01. The van der Waals surface area contributed by atoms with Crippen molar-refractivity contribution < 1.29 is 19.1 Å². The standard InChI is InChI=1S/C18H17ClFN3O3/c19-11-5-7-12(8-6-11)21-18(26)23-10-13(24)9-16(23)17(25)22-15-4-2-1-3-14(15)20/h1-8,13,16,24H,9-10H2,(H,21,26)(H,22,25). The number of rotatable bonds is 3. The number of aliphatic hydroxyl groups excluding tert-OH is 1. The van der Waals surface area contributed by atoms with Gasteiger partial charge in [0.15, 0.2) is 0 Å². The Morgan fingerprint density at radius 1 is 1.12 bits per heavy atom. The number of hydrogen-bond donors (Lipinski definition) is 3. The van der Waals surface area contributed by atoms with Gasteiger partial charge < -0.3 is 20.6 Å². The van der Waals surface area contributed by atoms with E-state index in [1.807, 2.05) is 0 Å². The summed E-state index contributed by atoms with van der Waals surface area (Å²) < 4.78 is 13.7. The van der Waals surface area contributed by atoms with Crippen molar-refractivity contribution in [3.63, 3.8) is 0 Å². The first-order valence-corrected chi connectivity index (χ1v) is 8.38. The van der Waals surface area contributed by atoms with Crippen molar-refractivity contribution in [1.82, 2.24) is 4.90 Å². The van der Waals surface area contributed by atoms with Crippen LogP contribution in [0.1, 0.15) is 6.42 Å². The number of β-amino-alcohol motifs (C(OH)–C–C–N with tert-alkyl or cyclic N) is 1. The lowest BCUT2D eigenvalue weighted by Gasteiger charge is -2.24. The highest BCUT2D eigenvalue weighted by Gasteiger charge is 2.39. The maximum Gasteiger partial charge on any atom is 0.322 e. The lowest BCUT2D eigenvalue weighted by Crippen LogP contribution is -2.45. The Morgan fingerprint density at radius 3 is 2.50 bits per heavy atom. The minimum atomic E-state index is -0.906. The maximum atomic E-state index is 13.7. The van der Waals surface area contributed by atoms with Crippen molar-refractivity contribution in [3.05, 3.63) is 59.4 Å². The summed E-state index contributed by atoms with van der Waals surface area (Å²) in [6.45, 7) is 0.00871. The lowest BCUT2D eigenvalue weighted by molar-refractivity contribution is -0.119. The summed E-state index contributed by atoms with van der Waals surface area (Å²) in [5.41, 5.74) is 0.533. The summed E-state index contributed by atoms with van der Waals surface area (Å²) in [7, 11) is 0. The molecule has 2 aromatic carbocycles. The first kappa shape index (κ1) is 18.2. The zero-order valence-electron chi connectivity index (χ0n) is 13.7. The number of anilines is 2. The molecule has 0 radical (unpaired) electrons. The number of carbonyl (C=O) groups excluding carboxylic acids is 2. The highest BCUT2D eigenvalue weighted by atomic mass is 35.5. The van der Waals surface area contributed by atoms with Crippen molar-refractivity contribution in [3.8, 4) is 0 Å². The molecule has 2 unspecified atom stereocenters. The second-order valence-electron chi connectivity index (χ2n) is 5.96. The molecule has 1 saturated heterocycles. The molecule has 0 spiro atoms. The van der Waals surface area contributed by atoms with Gasteiger partial charge in [0, 0.05) is 23.7 Å². The molecule has 3 N–H and O–H groups in total. The number of amides is 3. The quantitative estimate of drug-likeness (QED) is 0.768. The minimum Gasteiger partial charge on any atom is -0.391 e. The fraction of sp³-hybridized carbons (Fsp3) is 0.222. The summed E-state index contributed by atoms with van der Waals surface area (Å²) in [5.74, 6) is -1.13. The largest absolute Gasteiger partial charge is 0.391 e. The molecular formula is C18H17ClFN3O3. The molecule has 8 heteroatoms. The van der Waals surface area contributed by atoms with Crippen LogP contribution in [0.25, 0.3) is 0 Å². The summed E-state index contributed by atoms with van der Waals surface area (Å²) in [6.07, 6.45) is -0.753. The van der Waals surface area contributed by atoms with Crippen LogP contribution in [0, 0.1) is 5.82 Å². The Kier molecular flexibility index (Phi) is 5.39. The Labute approximate surface area is 154 Å². The molecule has 26 heavy (non-hydrogen) atoms. The van der Waals surface area contributed by atoms with Gasteiger partial charge in [-0.05, 0) is 36.4 Å². The molecule has 1 aliphatic rings. The van der Waals surface area contributed by atoms with Gasteiger partial charge >= 0.3 is 6.03 Å². The lowest BCUT2D eigenvalue weighted by atomic mass is 10.2. The molecular weight excluding hydrogens is 361 g/mol. The molecule has 1 fully saturated rings. The van der Waals surface area contributed by atoms with Crippen LogP contribution in [0.2, 0.25) is 5.02 Å². The van der Waals surface area contributed by atoms with Crippen molar-refractivity contribution in [2.45, 2.75) is 18.6 Å². The van der Waals surface area contributed by atoms with Gasteiger partial charge in [0.25, 0.3) is 0 Å². The zero-order chi connectivity index (χ0) is 18.7. The fourth-order valence-corrected chi connectivity index (χ4v) is 2.92. The number of urea groups is 1. The number of likely N-dealkylation sites (tertiary alicyclic amines) is 1. The van der Waals surface area contributed by atoms with Gasteiger partial charge in [-0.3, -0.25) is 4.79 Å². The summed E-state index contributed by atoms with van der Waals surface area (Å²) in [5, 5.41) is 15.5. The van der Waals surface area contributed by atoms with E-state index < -0.39 is 29.9 Å². The summed E-state index contributed by atoms with van der Waals surface area (Å²) in [4.78, 5) is 26.2. The van der Waals surface area contributed by atoms with E-state index in [0.29, 0.717) is 10.7 Å². The molecule has 2 atom stereocenters. The topological polar surface area (TPSA) is 81.7 Å². The number of halogens is 2. The number of nitrogens with zero attached hydrogens (tertiary/aromatic N) is 1. The zero-order valence-corrected chi connectivity index (χ0v) is 14.4. The van der Waals surface area contributed by atoms with Gasteiger partial charge in [0.1, 0.15) is 11.9 Å². The van der Waals surface area contributed by atoms with E-state index in [9.17, 15) is 19.1 Å². The highest BCUT2D eigenvalue weighted by Crippen LogP contribution is 2.22. The summed E-state index contributed by atoms with van der Waals surface area (Å²) >= 11 is 5.81. The smallest absolute Gasteiger partial charge is 0.322 e. The number of hydrogen-bond acceptors (Lipinski definition) is 3. The van der Waals surface area contributed by atoms with Crippen molar-refractivity contribution in [2.75, 3.05) is 17.2 Å². The Balaban J connectivity index is 1.71. The molecule has 1 heterocycles. The molecule has 3 amide bonds. The molecule has 1 aliphatic heterocycles. The predicted molar refractivity (Wildman–Crippen MR) is 96.6 cm³/mol. The van der Waals surface area contributed by atoms with Gasteiger partial charge in [-0.2, -0.15) is 0 Å². The number of benzene rings is 2. The monoisotopic (exact) mass is 377 g/mol. The van der Waals surface area contributed by atoms with Gasteiger partial charge in [-0.15, -0.1) is 0 Å². The third-order valence-electron chi connectivity index (χ3n) is 4.07. The van der Waals surface area contributed by atoms with Crippen LogP contribution in [-0.4, -0.2) is 40.6 Å². The van der Waals surface area contributed by atoms with Crippen LogP contribution in [-0.2, 0) is 4.79 Å². The number of aliphatic hydroxyl groups is 1. The van der Waals surface area contributed by atoms with Gasteiger partial charge in [0.2, 0.25) is 5.91 Å². The van der Waals surface area contributed by atoms with E-state index in [4.69, 9.17) is 11.6 Å². The molecule has 6 nitrogen and oxygen atoms in total. The molecule has 0 bridgehead atoms. The molecule has 0 saturated carbocycles. The van der Waals surface area contributed by atoms with Crippen LogP contribution >= 0.6 is 11.6 Å². The molecule has 0 aliphatic carbocycles. The second kappa shape index (κ2) is 7.72. The first-order valence-electron chi connectivity index (χ1n) is 8.00. The number of nitrogens with one attached hydrogen (secondary N) is 2. The minimum absolute atomic E-state index is 0.00871. The van der Waals surface area contributed by atoms with Crippen molar-refractivity contribution >= 4 is 34.9 Å². The van der Waals surface area contributed by atoms with Crippen LogP contribution in [0.5, 0.6) is 0 Å². The van der Waals surface area contributed by atoms with E-state index in [1.54, 1.807) is 30.3 Å². The van der Waals surface area contributed by atoms with Gasteiger partial charge in [-0.25, -0.2) is 9.18 Å². The highest BCUT2D eigenvalue weighted by molar-refractivity contribution is 6.30. The first-order chi connectivity index (χ1) is 12.4. The van der Waals surface area contributed by atoms with Crippen LogP contribution in [0.4, 0.5) is 20.6 Å². The fourth-order valence-electron chi connectivity index (χ4n) is 2.79. The maximum absolute atomic E-state index is 13.7. The van der Waals surface area contributed by atoms with E-state index in [0.717, 1.165) is 0 Å². The predicted octanol–water partition coefficient (Wildman–Crippen LogP) is 3.08. The molecule has 2 aromatic rings. The Morgan fingerprint density at radius 2 is 1.81 bits per heavy atom. The Hall–Kier alpha value is -2.64. The normalized spacial score (nSPS) is 19.3. The van der Waals surface area contributed by atoms with E-state index >= 15 is 0 Å². The third-order valence-corrected chi connectivity index (χ3v) is 4.32. The number of para-hydroxylation sites is 1. The van der Waals surface area contributed by atoms with E-state index in [1.165, 1.54) is 23.1 Å². The average molecular weight is 378 g/mol. The van der Waals surface area contributed by atoms with Gasteiger partial charge in [-0.1, -0.05) is 23.7 Å². The van der Waals surface area contributed by atoms with Crippen molar-refractivity contribution in [2.24, 2.45) is 0 Å². The van der Waals surface area contributed by atoms with E-state index in [2.05, 4.69) is 10.6 Å². The second-order valence-corrected chi connectivity index (χ2v) is 6.40. The molecule has 136 valence electrons. The Bertz CT molecular complexity index is 816. The number of carbonyl (C=O) groups is 2. The summed E-state index contributed by atoms with van der Waals surface area (Å²) in [6, 6.07) is 10.8. The molecule has 3 rings (SSSR count). The van der Waals surface area contributed by atoms with Crippen LogP contribution in [0.15, 0.2) is 48.5 Å². The van der Waals surface area contributed by atoms with Gasteiger partial charge in [0.05, 0.1) is 11.8 Å². The SMILES string of the molecule is O=C(Nc1ccccc1F)C1CC(O)CN1C(=O)Nc1ccc(Cl)cc1. The molecule has 0 aromatic heterocycles. The van der Waals surface area contributed by atoms with Crippen LogP contribution < -0.4 is 10.6 Å². The van der Waals surface area contributed by atoms with Crippen molar-refractivity contribution in [1.29, 1.82) is 0 Å². The van der Waals surface area contributed by atoms with Crippen LogP contribution in [0.3, 0.4) is 0 Å². The van der Waals surface area contributed by atoms with E-state index in [-0.39, 0.29) is 18.7 Å².